The van der Waals surface area contributed by atoms with E-state index in [0.29, 0.717) is 34.2 Å². The number of ether oxygens (including phenoxy) is 2. The minimum Gasteiger partial charge on any atom is -0.493 e. The number of rotatable bonds is 7. The molecule has 0 aliphatic carbocycles. The molecule has 2 amide bonds. The molecule has 1 N–H and O–H groups in total. The van der Waals surface area contributed by atoms with Gasteiger partial charge in [0.05, 0.1) is 26.2 Å². The second-order valence-corrected chi connectivity index (χ2v) is 10.1. The fourth-order valence-electron chi connectivity index (χ4n) is 4.72. The number of nitrogens with zero attached hydrogens (tertiary/aromatic N) is 1. The summed E-state index contributed by atoms with van der Waals surface area (Å²) >= 11 is 1.64. The SMILES string of the molecule is COc1cc2c(cc1OC)[C@@H](C(=O)Nc1ccc(C(C)C)cc1)[C@@H](c1ccc(SC)cc1)N(C)C2=O. The fourth-order valence-corrected chi connectivity index (χ4v) is 5.13. The van der Waals surface area contributed by atoms with Gasteiger partial charge in [0.1, 0.15) is 0 Å². The minimum absolute atomic E-state index is 0.171. The number of benzene rings is 3. The van der Waals surface area contributed by atoms with E-state index in [1.54, 1.807) is 43.0 Å². The molecular weight excluding hydrogens is 472 g/mol. The van der Waals surface area contributed by atoms with Gasteiger partial charge in [0.25, 0.3) is 5.91 Å². The van der Waals surface area contributed by atoms with E-state index in [1.807, 2.05) is 54.8 Å². The van der Waals surface area contributed by atoms with Gasteiger partial charge in [0, 0.05) is 23.2 Å². The van der Waals surface area contributed by atoms with Crippen molar-refractivity contribution in [2.24, 2.45) is 0 Å². The third kappa shape index (κ3) is 4.80. The van der Waals surface area contributed by atoms with Crippen LogP contribution in [0.5, 0.6) is 11.5 Å². The smallest absolute Gasteiger partial charge is 0.254 e. The van der Waals surface area contributed by atoms with Crippen molar-refractivity contribution in [1.82, 2.24) is 4.90 Å². The molecule has 6 nitrogen and oxygen atoms in total. The maximum absolute atomic E-state index is 13.9. The Bertz CT molecular complexity index is 1260. The van der Waals surface area contributed by atoms with E-state index in [9.17, 15) is 9.59 Å². The normalized spacial score (nSPS) is 17.1. The first-order valence-electron chi connectivity index (χ1n) is 11.9. The molecule has 188 valence electrons. The third-order valence-corrected chi connectivity index (χ3v) is 7.50. The lowest BCUT2D eigenvalue weighted by molar-refractivity contribution is -0.119. The first-order chi connectivity index (χ1) is 17.3. The summed E-state index contributed by atoms with van der Waals surface area (Å²) in [4.78, 5) is 30.2. The van der Waals surface area contributed by atoms with Gasteiger partial charge in [0.2, 0.25) is 5.91 Å². The molecule has 0 aromatic heterocycles. The number of amides is 2. The van der Waals surface area contributed by atoms with E-state index in [2.05, 4.69) is 19.2 Å². The van der Waals surface area contributed by atoms with Gasteiger partial charge in [-0.05, 0) is 65.3 Å². The van der Waals surface area contributed by atoms with Crippen LogP contribution in [0, 0.1) is 0 Å². The van der Waals surface area contributed by atoms with Crippen molar-refractivity contribution in [2.75, 3.05) is 32.8 Å². The van der Waals surface area contributed by atoms with Gasteiger partial charge in [0.15, 0.2) is 11.5 Å². The van der Waals surface area contributed by atoms with Crippen LogP contribution in [0.4, 0.5) is 5.69 Å². The third-order valence-electron chi connectivity index (χ3n) is 6.76. The average molecular weight is 505 g/mol. The lowest BCUT2D eigenvalue weighted by Gasteiger charge is -2.40. The molecule has 0 spiro atoms. The van der Waals surface area contributed by atoms with E-state index in [0.717, 1.165) is 10.5 Å². The van der Waals surface area contributed by atoms with Crippen LogP contribution in [0.3, 0.4) is 0 Å². The van der Waals surface area contributed by atoms with Crippen LogP contribution in [0.2, 0.25) is 0 Å². The monoisotopic (exact) mass is 504 g/mol. The highest BCUT2D eigenvalue weighted by Gasteiger charge is 2.43. The Morgan fingerprint density at radius 2 is 1.58 bits per heavy atom. The van der Waals surface area contributed by atoms with E-state index in [-0.39, 0.29) is 11.8 Å². The molecule has 0 unspecified atom stereocenters. The summed E-state index contributed by atoms with van der Waals surface area (Å²) in [6, 6.07) is 18.8. The number of carbonyl (C=O) groups excluding carboxylic acids is 2. The number of hydrogen-bond donors (Lipinski definition) is 1. The van der Waals surface area contributed by atoms with Crippen LogP contribution in [0.1, 0.15) is 58.8 Å². The largest absolute Gasteiger partial charge is 0.493 e. The number of likely N-dealkylation sites (N-methyl/N-ethyl adjacent to an activating group) is 1. The summed E-state index contributed by atoms with van der Waals surface area (Å²) in [6.45, 7) is 4.27. The Balaban J connectivity index is 1.82. The number of hydrogen-bond acceptors (Lipinski definition) is 5. The van der Waals surface area contributed by atoms with Crippen molar-refractivity contribution >= 4 is 29.3 Å². The molecule has 2 atom stereocenters. The van der Waals surface area contributed by atoms with Gasteiger partial charge in [-0.1, -0.05) is 38.1 Å². The summed E-state index contributed by atoms with van der Waals surface area (Å²) in [5, 5.41) is 3.09. The topological polar surface area (TPSA) is 67.9 Å². The maximum atomic E-state index is 13.9. The lowest BCUT2D eigenvalue weighted by Crippen LogP contribution is -2.44. The predicted molar refractivity (Wildman–Crippen MR) is 145 cm³/mol. The van der Waals surface area contributed by atoms with Crippen LogP contribution in [-0.4, -0.2) is 44.2 Å². The van der Waals surface area contributed by atoms with Crippen LogP contribution in [0.25, 0.3) is 0 Å². The van der Waals surface area contributed by atoms with Crippen LogP contribution in [0.15, 0.2) is 65.6 Å². The van der Waals surface area contributed by atoms with Gasteiger partial charge >= 0.3 is 0 Å². The maximum Gasteiger partial charge on any atom is 0.254 e. The Hall–Kier alpha value is -3.45. The molecule has 36 heavy (non-hydrogen) atoms. The number of nitrogens with one attached hydrogen (secondary N) is 1. The zero-order chi connectivity index (χ0) is 26.0. The molecule has 0 saturated carbocycles. The fraction of sp³-hybridized carbons (Fsp3) is 0.310. The molecule has 4 rings (SSSR count). The Kier molecular flexibility index (Phi) is 7.59. The molecule has 7 heteroatoms. The number of fused-ring (bicyclic) bond motifs is 1. The van der Waals surface area contributed by atoms with Crippen molar-refractivity contribution in [3.63, 3.8) is 0 Å². The second-order valence-electron chi connectivity index (χ2n) is 9.17. The molecule has 1 aliphatic heterocycles. The van der Waals surface area contributed by atoms with E-state index in [4.69, 9.17) is 9.47 Å². The number of carbonyl (C=O) groups is 2. The Morgan fingerprint density at radius 1 is 0.972 bits per heavy atom. The van der Waals surface area contributed by atoms with Crippen molar-refractivity contribution in [3.8, 4) is 11.5 Å². The molecule has 0 saturated heterocycles. The van der Waals surface area contributed by atoms with Gasteiger partial charge < -0.3 is 19.7 Å². The van der Waals surface area contributed by atoms with Gasteiger partial charge in [-0.25, -0.2) is 0 Å². The summed E-state index contributed by atoms with van der Waals surface area (Å²) in [6.07, 6.45) is 2.02. The summed E-state index contributed by atoms with van der Waals surface area (Å²) < 4.78 is 11.0. The Morgan fingerprint density at radius 3 is 2.14 bits per heavy atom. The zero-order valence-corrected chi connectivity index (χ0v) is 22.3. The van der Waals surface area contributed by atoms with Crippen molar-refractivity contribution in [2.45, 2.75) is 36.6 Å². The summed E-state index contributed by atoms with van der Waals surface area (Å²) in [5.41, 5.74) is 3.85. The summed E-state index contributed by atoms with van der Waals surface area (Å²) in [7, 11) is 4.82. The minimum atomic E-state index is -0.660. The number of methoxy groups -OCH3 is 2. The number of thioether (sulfide) groups is 1. The first kappa shape index (κ1) is 25.6. The van der Waals surface area contributed by atoms with Crippen molar-refractivity contribution in [1.29, 1.82) is 0 Å². The lowest BCUT2D eigenvalue weighted by atomic mass is 9.79. The standard InChI is InChI=1S/C29H32N2O4S/c1-17(2)18-7-11-20(12-8-18)30-28(32)26-22-15-24(34-4)25(35-5)16-23(22)29(33)31(3)27(26)19-9-13-21(36-6)14-10-19/h7-17,26-27H,1-6H3,(H,30,32)/t26-,27-/m1/s1. The quantitative estimate of drug-likeness (QED) is 0.394. The molecule has 3 aromatic rings. The van der Waals surface area contributed by atoms with E-state index >= 15 is 0 Å². The highest BCUT2D eigenvalue weighted by Crippen LogP contribution is 2.46. The van der Waals surface area contributed by atoms with Crippen LogP contribution in [-0.2, 0) is 4.79 Å². The zero-order valence-electron chi connectivity index (χ0n) is 21.5. The molecule has 3 aromatic carbocycles. The van der Waals surface area contributed by atoms with Gasteiger partial charge in [-0.3, -0.25) is 9.59 Å². The first-order valence-corrected chi connectivity index (χ1v) is 13.1. The second kappa shape index (κ2) is 10.7. The Labute approximate surface area is 217 Å². The van der Waals surface area contributed by atoms with Crippen molar-refractivity contribution in [3.05, 3.63) is 82.9 Å². The highest BCUT2D eigenvalue weighted by molar-refractivity contribution is 7.98. The number of anilines is 1. The molecule has 1 heterocycles. The summed E-state index contributed by atoms with van der Waals surface area (Å²) in [5.74, 6) is 0.297. The molecular formula is C29H32N2O4S. The van der Waals surface area contributed by atoms with Gasteiger partial charge in [-0.15, -0.1) is 11.8 Å². The predicted octanol–water partition coefficient (Wildman–Crippen LogP) is 6.10. The molecule has 1 aliphatic rings. The average Bonchev–Trinajstić information content (AvgIpc) is 2.90. The molecule has 0 fully saturated rings. The molecule has 0 bridgehead atoms. The van der Waals surface area contributed by atoms with Gasteiger partial charge in [-0.2, -0.15) is 0 Å². The van der Waals surface area contributed by atoms with Crippen LogP contribution >= 0.6 is 11.8 Å². The van der Waals surface area contributed by atoms with E-state index < -0.39 is 12.0 Å². The molecule has 0 radical (unpaired) electrons. The van der Waals surface area contributed by atoms with Crippen molar-refractivity contribution < 1.29 is 19.1 Å². The van der Waals surface area contributed by atoms with E-state index in [1.165, 1.54) is 12.7 Å². The van der Waals surface area contributed by atoms with Crippen LogP contribution < -0.4 is 14.8 Å². The highest BCUT2D eigenvalue weighted by atomic mass is 32.2.